The van der Waals surface area contributed by atoms with Gasteiger partial charge in [0, 0.05) is 10.5 Å². The van der Waals surface area contributed by atoms with Crippen molar-refractivity contribution in [3.05, 3.63) is 35.1 Å². The predicted molar refractivity (Wildman–Crippen MR) is 84.1 cm³/mol. The highest BCUT2D eigenvalue weighted by molar-refractivity contribution is 6.65. The molecule has 1 aromatic carbocycles. The molecule has 2 aromatic rings. The fourth-order valence-corrected chi connectivity index (χ4v) is 2.49. The van der Waals surface area contributed by atoms with Crippen LogP contribution in [0.3, 0.4) is 0 Å². The van der Waals surface area contributed by atoms with Gasteiger partial charge in [0.1, 0.15) is 6.33 Å². The topological polar surface area (TPSA) is 62.1 Å². The van der Waals surface area contributed by atoms with Crippen molar-refractivity contribution in [3.8, 4) is 0 Å². The summed E-state index contributed by atoms with van der Waals surface area (Å²) in [7, 11) is -0.480. The van der Waals surface area contributed by atoms with E-state index in [0.29, 0.717) is 11.6 Å². The number of hydrogen-bond acceptors (Lipinski definition) is 5. The van der Waals surface area contributed by atoms with E-state index < -0.39 is 18.3 Å². The monoisotopic (exact) mass is 320 g/mol. The van der Waals surface area contributed by atoms with Crippen LogP contribution in [0.4, 0.5) is 0 Å². The molecule has 22 heavy (non-hydrogen) atoms. The molecule has 3 rings (SSSR count). The van der Waals surface area contributed by atoms with Crippen LogP contribution >= 0.6 is 11.6 Å². The van der Waals surface area contributed by atoms with Gasteiger partial charge in [-0.1, -0.05) is 23.7 Å². The van der Waals surface area contributed by atoms with Crippen LogP contribution in [0.15, 0.2) is 24.5 Å². The number of tetrazole rings is 1. The van der Waals surface area contributed by atoms with Crippen LogP contribution in [-0.2, 0) is 15.9 Å². The van der Waals surface area contributed by atoms with Gasteiger partial charge in [-0.15, -0.1) is 5.10 Å². The summed E-state index contributed by atoms with van der Waals surface area (Å²) in [6, 6.07) is 5.77. The summed E-state index contributed by atoms with van der Waals surface area (Å²) in [4.78, 5) is 0. The maximum absolute atomic E-state index is 6.34. The third-order valence-electron chi connectivity index (χ3n) is 4.30. The summed E-state index contributed by atoms with van der Waals surface area (Å²) in [5.41, 5.74) is 1.06. The van der Waals surface area contributed by atoms with Crippen LogP contribution in [0.5, 0.6) is 0 Å². The Kier molecular flexibility index (Phi) is 3.75. The van der Waals surface area contributed by atoms with Crippen molar-refractivity contribution < 1.29 is 9.31 Å². The standard InChI is InChI=1S/C14H18BClN4O2/c1-13(2)14(3,4)22-15(21-13)11-7-10(5-6-12(11)16)8-20-9-17-18-19-20/h5-7,9H,8H2,1-4H3. The molecule has 0 saturated carbocycles. The molecule has 0 N–H and O–H groups in total. The maximum atomic E-state index is 6.34. The van der Waals surface area contributed by atoms with Gasteiger partial charge < -0.3 is 9.31 Å². The molecule has 6 nitrogen and oxygen atoms in total. The zero-order valence-electron chi connectivity index (χ0n) is 13.1. The number of hydrogen-bond donors (Lipinski definition) is 0. The third kappa shape index (κ3) is 2.76. The van der Waals surface area contributed by atoms with Gasteiger partial charge in [0.25, 0.3) is 0 Å². The molecule has 116 valence electrons. The highest BCUT2D eigenvalue weighted by Gasteiger charge is 2.52. The molecule has 0 unspecified atom stereocenters. The minimum Gasteiger partial charge on any atom is -0.399 e. The average Bonchev–Trinajstić information content (AvgIpc) is 2.99. The molecule has 1 aliphatic heterocycles. The van der Waals surface area contributed by atoms with Gasteiger partial charge in [0.2, 0.25) is 0 Å². The zero-order valence-corrected chi connectivity index (χ0v) is 13.8. The molecule has 0 amide bonds. The van der Waals surface area contributed by atoms with E-state index in [1.54, 1.807) is 11.0 Å². The molecule has 1 saturated heterocycles. The zero-order chi connectivity index (χ0) is 16.0. The van der Waals surface area contributed by atoms with Crippen molar-refractivity contribution >= 4 is 24.2 Å². The van der Waals surface area contributed by atoms with Crippen LogP contribution in [0.1, 0.15) is 33.3 Å². The van der Waals surface area contributed by atoms with Gasteiger partial charge in [-0.3, -0.25) is 0 Å². The average molecular weight is 321 g/mol. The van der Waals surface area contributed by atoms with E-state index in [9.17, 15) is 0 Å². The Morgan fingerprint density at radius 2 is 1.86 bits per heavy atom. The largest absolute Gasteiger partial charge is 0.496 e. The summed E-state index contributed by atoms with van der Waals surface area (Å²) >= 11 is 6.34. The van der Waals surface area contributed by atoms with Gasteiger partial charge in [-0.05, 0) is 49.8 Å². The van der Waals surface area contributed by atoms with Crippen molar-refractivity contribution in [1.29, 1.82) is 0 Å². The van der Waals surface area contributed by atoms with Crippen molar-refractivity contribution in [2.24, 2.45) is 0 Å². The number of benzene rings is 1. The summed E-state index contributed by atoms with van der Waals surface area (Å²) in [6.07, 6.45) is 1.57. The molecule has 0 aliphatic carbocycles. The molecular formula is C14H18BClN4O2. The quantitative estimate of drug-likeness (QED) is 0.805. The van der Waals surface area contributed by atoms with Crippen molar-refractivity contribution in [3.63, 3.8) is 0 Å². The van der Waals surface area contributed by atoms with E-state index in [1.165, 1.54) is 0 Å². The minimum atomic E-state index is -0.480. The van der Waals surface area contributed by atoms with Crippen molar-refractivity contribution in [1.82, 2.24) is 20.2 Å². The first-order chi connectivity index (χ1) is 10.3. The van der Waals surface area contributed by atoms with Crippen LogP contribution in [0.25, 0.3) is 0 Å². The lowest BCUT2D eigenvalue weighted by atomic mass is 9.78. The molecule has 1 aromatic heterocycles. The first-order valence-electron chi connectivity index (χ1n) is 7.13. The second kappa shape index (κ2) is 5.33. The second-order valence-corrected chi connectivity index (χ2v) is 6.86. The van der Waals surface area contributed by atoms with Gasteiger partial charge in [0.15, 0.2) is 0 Å². The van der Waals surface area contributed by atoms with Gasteiger partial charge in [0.05, 0.1) is 17.7 Å². The molecule has 8 heteroatoms. The highest BCUT2D eigenvalue weighted by atomic mass is 35.5. The lowest BCUT2D eigenvalue weighted by Gasteiger charge is -2.32. The smallest absolute Gasteiger partial charge is 0.399 e. The molecular weight excluding hydrogens is 302 g/mol. The normalized spacial score (nSPS) is 19.6. The van der Waals surface area contributed by atoms with E-state index in [2.05, 4.69) is 15.5 Å². The third-order valence-corrected chi connectivity index (χ3v) is 4.65. The highest BCUT2D eigenvalue weighted by Crippen LogP contribution is 2.37. The minimum absolute atomic E-state index is 0.396. The Morgan fingerprint density at radius 3 is 2.45 bits per heavy atom. The Labute approximate surface area is 134 Å². The lowest BCUT2D eigenvalue weighted by molar-refractivity contribution is 0.00578. The summed E-state index contributed by atoms with van der Waals surface area (Å²) in [5, 5.41) is 11.8. The molecule has 0 bridgehead atoms. The second-order valence-electron chi connectivity index (χ2n) is 6.45. The maximum Gasteiger partial charge on any atom is 0.496 e. The molecule has 1 aliphatic rings. The Morgan fingerprint density at radius 1 is 1.18 bits per heavy atom. The first kappa shape index (κ1) is 15.5. The van der Waals surface area contributed by atoms with Crippen LogP contribution < -0.4 is 5.46 Å². The number of rotatable bonds is 3. The van der Waals surface area contributed by atoms with Gasteiger partial charge in [-0.25, -0.2) is 4.68 Å². The molecule has 0 radical (unpaired) electrons. The first-order valence-corrected chi connectivity index (χ1v) is 7.51. The number of aromatic nitrogens is 4. The lowest BCUT2D eigenvalue weighted by Crippen LogP contribution is -2.41. The molecule has 1 fully saturated rings. The van der Waals surface area contributed by atoms with Crippen LogP contribution in [0.2, 0.25) is 5.02 Å². The fourth-order valence-electron chi connectivity index (χ4n) is 2.28. The molecule has 0 atom stereocenters. The molecule has 2 heterocycles. The predicted octanol–water partition coefficient (Wildman–Crippen LogP) is 1.67. The van der Waals surface area contributed by atoms with E-state index in [-0.39, 0.29) is 0 Å². The SMILES string of the molecule is CC1(C)OB(c2cc(Cn3cnnn3)ccc2Cl)OC1(C)C. The Balaban J connectivity index is 1.88. The summed E-state index contributed by atoms with van der Waals surface area (Å²) < 4.78 is 13.8. The van der Waals surface area contributed by atoms with E-state index >= 15 is 0 Å². The Hall–Kier alpha value is -1.44. The van der Waals surface area contributed by atoms with E-state index in [1.807, 2.05) is 45.9 Å². The number of nitrogens with zero attached hydrogens (tertiary/aromatic N) is 4. The van der Waals surface area contributed by atoms with E-state index in [0.717, 1.165) is 11.0 Å². The van der Waals surface area contributed by atoms with Crippen molar-refractivity contribution in [2.75, 3.05) is 0 Å². The van der Waals surface area contributed by atoms with E-state index in [4.69, 9.17) is 20.9 Å². The van der Waals surface area contributed by atoms with Crippen LogP contribution in [-0.4, -0.2) is 38.5 Å². The number of halogens is 1. The van der Waals surface area contributed by atoms with Crippen molar-refractivity contribution in [2.45, 2.75) is 45.4 Å². The van der Waals surface area contributed by atoms with Gasteiger partial charge >= 0.3 is 7.12 Å². The molecule has 0 spiro atoms. The summed E-state index contributed by atoms with van der Waals surface area (Å²) in [6.45, 7) is 8.64. The van der Waals surface area contributed by atoms with Gasteiger partial charge in [-0.2, -0.15) is 0 Å². The Bertz CT molecular complexity index is 659. The summed E-state index contributed by atoms with van der Waals surface area (Å²) in [5.74, 6) is 0. The van der Waals surface area contributed by atoms with Crippen LogP contribution in [0, 0.1) is 0 Å². The fraction of sp³-hybridized carbons (Fsp3) is 0.500.